The number of hydrogen-bond acceptors (Lipinski definition) is 4. The van der Waals surface area contributed by atoms with E-state index in [0.29, 0.717) is 29.2 Å². The monoisotopic (exact) mass is 398 g/mol. The minimum absolute atomic E-state index is 0.273. The van der Waals surface area contributed by atoms with Crippen LogP contribution in [-0.2, 0) is 9.59 Å². The summed E-state index contributed by atoms with van der Waals surface area (Å²) in [6, 6.07) is 23.9. The molecule has 1 N–H and O–H groups in total. The first kappa shape index (κ1) is 19.5. The van der Waals surface area contributed by atoms with E-state index in [0.717, 1.165) is 11.3 Å². The SMILES string of the molecule is CCOc1ccc(N2C(=O)C(Nc3ccccc3C)=C(c3ccccc3)C2=O)cc1. The van der Waals surface area contributed by atoms with Gasteiger partial charge in [0, 0.05) is 5.69 Å². The molecular weight excluding hydrogens is 376 g/mol. The van der Waals surface area contributed by atoms with Gasteiger partial charge in [0.25, 0.3) is 11.8 Å². The summed E-state index contributed by atoms with van der Waals surface area (Å²) in [6.07, 6.45) is 0. The number of anilines is 2. The molecule has 0 atom stereocenters. The lowest BCUT2D eigenvalue weighted by Crippen LogP contribution is -2.32. The van der Waals surface area contributed by atoms with E-state index in [-0.39, 0.29) is 17.5 Å². The fourth-order valence-electron chi connectivity index (χ4n) is 3.46. The van der Waals surface area contributed by atoms with Crippen LogP contribution in [0.1, 0.15) is 18.1 Å². The highest BCUT2D eigenvalue weighted by Crippen LogP contribution is 2.34. The molecule has 5 heteroatoms. The molecule has 0 aromatic heterocycles. The van der Waals surface area contributed by atoms with Gasteiger partial charge in [-0.3, -0.25) is 9.59 Å². The normalized spacial score (nSPS) is 13.7. The summed E-state index contributed by atoms with van der Waals surface area (Å²) in [5.41, 5.74) is 3.60. The second-order valence-electron chi connectivity index (χ2n) is 6.93. The van der Waals surface area contributed by atoms with Crippen LogP contribution in [0.25, 0.3) is 5.57 Å². The van der Waals surface area contributed by atoms with E-state index in [9.17, 15) is 9.59 Å². The zero-order valence-corrected chi connectivity index (χ0v) is 16.9. The molecule has 4 rings (SSSR count). The molecule has 0 aliphatic carbocycles. The van der Waals surface area contributed by atoms with Gasteiger partial charge in [0.05, 0.1) is 17.9 Å². The Balaban J connectivity index is 1.77. The quantitative estimate of drug-likeness (QED) is 0.607. The van der Waals surface area contributed by atoms with Crippen LogP contribution in [0.3, 0.4) is 0 Å². The van der Waals surface area contributed by atoms with Crippen molar-refractivity contribution in [1.82, 2.24) is 0 Å². The summed E-state index contributed by atoms with van der Waals surface area (Å²) in [4.78, 5) is 28.0. The summed E-state index contributed by atoms with van der Waals surface area (Å²) >= 11 is 0. The number of carbonyl (C=O) groups is 2. The number of benzene rings is 3. The van der Waals surface area contributed by atoms with E-state index in [2.05, 4.69) is 5.32 Å². The number of para-hydroxylation sites is 1. The van der Waals surface area contributed by atoms with Gasteiger partial charge >= 0.3 is 0 Å². The molecule has 0 saturated heterocycles. The fourth-order valence-corrected chi connectivity index (χ4v) is 3.46. The number of rotatable bonds is 6. The van der Waals surface area contributed by atoms with E-state index in [1.165, 1.54) is 4.90 Å². The highest BCUT2D eigenvalue weighted by Gasteiger charge is 2.40. The number of carbonyl (C=O) groups excluding carboxylic acids is 2. The topological polar surface area (TPSA) is 58.6 Å². The molecule has 0 saturated carbocycles. The summed E-state index contributed by atoms with van der Waals surface area (Å²) < 4.78 is 5.47. The van der Waals surface area contributed by atoms with Crippen molar-refractivity contribution in [1.29, 1.82) is 0 Å². The van der Waals surface area contributed by atoms with Crippen molar-refractivity contribution in [2.24, 2.45) is 0 Å². The molecule has 0 fully saturated rings. The van der Waals surface area contributed by atoms with Gasteiger partial charge in [0.1, 0.15) is 11.4 Å². The van der Waals surface area contributed by atoms with Crippen molar-refractivity contribution in [2.45, 2.75) is 13.8 Å². The number of nitrogens with zero attached hydrogens (tertiary/aromatic N) is 1. The summed E-state index contributed by atoms with van der Waals surface area (Å²) in [7, 11) is 0. The molecule has 0 radical (unpaired) electrons. The zero-order valence-electron chi connectivity index (χ0n) is 16.9. The number of amides is 2. The fraction of sp³-hybridized carbons (Fsp3) is 0.120. The lowest BCUT2D eigenvalue weighted by Gasteiger charge is -2.16. The molecule has 0 unspecified atom stereocenters. The molecule has 30 heavy (non-hydrogen) atoms. The molecule has 3 aromatic carbocycles. The lowest BCUT2D eigenvalue weighted by molar-refractivity contribution is -0.120. The Morgan fingerprint density at radius 1 is 0.833 bits per heavy atom. The predicted octanol–water partition coefficient (Wildman–Crippen LogP) is 4.79. The highest BCUT2D eigenvalue weighted by atomic mass is 16.5. The van der Waals surface area contributed by atoms with Gasteiger partial charge < -0.3 is 10.1 Å². The smallest absolute Gasteiger partial charge is 0.282 e. The minimum Gasteiger partial charge on any atom is -0.494 e. The molecule has 150 valence electrons. The van der Waals surface area contributed by atoms with Gasteiger partial charge in [0.15, 0.2) is 0 Å². The number of imide groups is 1. The average molecular weight is 398 g/mol. The average Bonchev–Trinajstić information content (AvgIpc) is 3.01. The first-order valence-corrected chi connectivity index (χ1v) is 9.84. The zero-order chi connectivity index (χ0) is 21.1. The van der Waals surface area contributed by atoms with Gasteiger partial charge in [-0.05, 0) is 55.3 Å². The maximum absolute atomic E-state index is 13.4. The number of hydrogen-bond donors (Lipinski definition) is 1. The van der Waals surface area contributed by atoms with Crippen molar-refractivity contribution in [3.05, 3.63) is 95.7 Å². The molecule has 1 aliphatic heterocycles. The third-order valence-electron chi connectivity index (χ3n) is 4.96. The second kappa shape index (κ2) is 8.25. The Hall–Kier alpha value is -3.86. The van der Waals surface area contributed by atoms with E-state index in [1.54, 1.807) is 24.3 Å². The first-order chi connectivity index (χ1) is 14.6. The molecule has 2 amide bonds. The van der Waals surface area contributed by atoms with Crippen LogP contribution in [-0.4, -0.2) is 18.4 Å². The van der Waals surface area contributed by atoms with Gasteiger partial charge in [-0.15, -0.1) is 0 Å². The summed E-state index contributed by atoms with van der Waals surface area (Å²) in [5, 5.41) is 3.21. The standard InChI is InChI=1S/C25H22N2O3/c1-3-30-20-15-13-19(14-16-20)27-24(28)22(18-10-5-4-6-11-18)23(25(27)29)26-21-12-8-7-9-17(21)2/h4-16,26H,3H2,1-2H3. The first-order valence-electron chi connectivity index (χ1n) is 9.84. The Morgan fingerprint density at radius 3 is 2.17 bits per heavy atom. The Bertz CT molecular complexity index is 1120. The van der Waals surface area contributed by atoms with Crippen molar-refractivity contribution in [3.8, 4) is 5.75 Å². The Labute approximate surface area is 175 Å². The third-order valence-corrected chi connectivity index (χ3v) is 4.96. The summed E-state index contributed by atoms with van der Waals surface area (Å²) in [5.74, 6) is -0.0486. The molecule has 0 bridgehead atoms. The van der Waals surface area contributed by atoms with E-state index in [4.69, 9.17) is 4.74 Å². The molecule has 5 nitrogen and oxygen atoms in total. The van der Waals surface area contributed by atoms with Crippen LogP contribution < -0.4 is 15.0 Å². The summed E-state index contributed by atoms with van der Waals surface area (Å²) in [6.45, 7) is 4.41. The van der Waals surface area contributed by atoms with Crippen LogP contribution in [0.2, 0.25) is 0 Å². The van der Waals surface area contributed by atoms with E-state index in [1.807, 2.05) is 68.4 Å². The van der Waals surface area contributed by atoms with Gasteiger partial charge in [-0.25, -0.2) is 4.90 Å². The molecule has 3 aromatic rings. The van der Waals surface area contributed by atoms with Gasteiger partial charge in [-0.1, -0.05) is 48.5 Å². The Morgan fingerprint density at radius 2 is 1.50 bits per heavy atom. The van der Waals surface area contributed by atoms with Crippen molar-refractivity contribution in [2.75, 3.05) is 16.8 Å². The number of aryl methyl sites for hydroxylation is 1. The van der Waals surface area contributed by atoms with Crippen molar-refractivity contribution < 1.29 is 14.3 Å². The van der Waals surface area contributed by atoms with Gasteiger partial charge in [0.2, 0.25) is 0 Å². The van der Waals surface area contributed by atoms with E-state index < -0.39 is 0 Å². The molecule has 0 spiro atoms. The van der Waals surface area contributed by atoms with Gasteiger partial charge in [-0.2, -0.15) is 0 Å². The van der Waals surface area contributed by atoms with Crippen LogP contribution >= 0.6 is 0 Å². The number of ether oxygens (including phenoxy) is 1. The largest absolute Gasteiger partial charge is 0.494 e. The molecular formula is C25H22N2O3. The minimum atomic E-state index is -0.383. The van der Waals surface area contributed by atoms with Crippen LogP contribution in [0.4, 0.5) is 11.4 Å². The van der Waals surface area contributed by atoms with Crippen LogP contribution in [0, 0.1) is 6.92 Å². The van der Waals surface area contributed by atoms with E-state index >= 15 is 0 Å². The number of nitrogens with one attached hydrogen (secondary N) is 1. The van der Waals surface area contributed by atoms with Crippen LogP contribution in [0.15, 0.2) is 84.6 Å². The second-order valence-corrected chi connectivity index (χ2v) is 6.93. The Kier molecular flexibility index (Phi) is 5.35. The van der Waals surface area contributed by atoms with Crippen molar-refractivity contribution in [3.63, 3.8) is 0 Å². The van der Waals surface area contributed by atoms with Crippen molar-refractivity contribution >= 4 is 28.8 Å². The molecule has 1 aliphatic rings. The highest BCUT2D eigenvalue weighted by molar-refractivity contribution is 6.46. The lowest BCUT2D eigenvalue weighted by atomic mass is 10.0. The maximum Gasteiger partial charge on any atom is 0.282 e. The maximum atomic E-state index is 13.4. The third kappa shape index (κ3) is 3.57. The molecule has 1 heterocycles. The predicted molar refractivity (Wildman–Crippen MR) is 118 cm³/mol. The van der Waals surface area contributed by atoms with Crippen LogP contribution in [0.5, 0.6) is 5.75 Å².